The van der Waals surface area contributed by atoms with Crippen LogP contribution in [-0.4, -0.2) is 37.2 Å². The molecule has 25 heavy (non-hydrogen) atoms. The van der Waals surface area contributed by atoms with Gasteiger partial charge in [-0.2, -0.15) is 0 Å². The Balaban J connectivity index is 1.42. The number of anilines is 2. The summed E-state index contributed by atoms with van der Waals surface area (Å²) < 4.78 is 5.37. The fourth-order valence-electron chi connectivity index (χ4n) is 3.43. The lowest BCUT2D eigenvalue weighted by atomic mass is 10.1. The van der Waals surface area contributed by atoms with Crippen molar-refractivity contribution in [3.05, 3.63) is 39.7 Å². The summed E-state index contributed by atoms with van der Waals surface area (Å²) in [6.45, 7) is 3.27. The average Bonchev–Trinajstić information content (AvgIpc) is 2.94. The number of morpholine rings is 1. The van der Waals surface area contributed by atoms with Gasteiger partial charge in [-0.25, -0.2) is 4.98 Å². The number of pyridine rings is 1. The standard InChI is InChI=1S/C19H23N3O2S/c23-19(17-12-14-4-2-1-3-5-16(14)25-17)21-18-7-6-15(13-20-18)22-8-10-24-11-9-22/h6-7,12-13H,1-5,8-11H2,(H,20,21,23). The zero-order chi connectivity index (χ0) is 17.1. The molecule has 2 aliphatic rings. The third kappa shape index (κ3) is 3.85. The number of fused-ring (bicyclic) bond motifs is 1. The Morgan fingerprint density at radius 3 is 2.80 bits per heavy atom. The Morgan fingerprint density at radius 2 is 2.00 bits per heavy atom. The van der Waals surface area contributed by atoms with Crippen molar-refractivity contribution < 1.29 is 9.53 Å². The van der Waals surface area contributed by atoms with Crippen LogP contribution in [0.2, 0.25) is 0 Å². The number of rotatable bonds is 3. The highest BCUT2D eigenvalue weighted by Gasteiger charge is 2.17. The molecule has 0 saturated carbocycles. The molecule has 1 aliphatic carbocycles. The average molecular weight is 357 g/mol. The Morgan fingerprint density at radius 1 is 1.16 bits per heavy atom. The molecule has 4 rings (SSSR count). The summed E-state index contributed by atoms with van der Waals surface area (Å²) >= 11 is 1.64. The van der Waals surface area contributed by atoms with Gasteiger partial charge >= 0.3 is 0 Å². The predicted octanol–water partition coefficient (Wildman–Crippen LogP) is 3.50. The van der Waals surface area contributed by atoms with Crippen molar-refractivity contribution in [1.29, 1.82) is 0 Å². The normalized spacial score (nSPS) is 17.7. The number of carbonyl (C=O) groups is 1. The quantitative estimate of drug-likeness (QED) is 0.854. The molecule has 0 unspecified atom stereocenters. The largest absolute Gasteiger partial charge is 0.378 e. The lowest BCUT2D eigenvalue weighted by molar-refractivity contribution is 0.103. The van der Waals surface area contributed by atoms with Crippen molar-refractivity contribution >= 4 is 28.7 Å². The Hall–Kier alpha value is -1.92. The minimum Gasteiger partial charge on any atom is -0.378 e. The van der Waals surface area contributed by atoms with Crippen molar-refractivity contribution in [3.8, 4) is 0 Å². The molecule has 0 bridgehead atoms. The monoisotopic (exact) mass is 357 g/mol. The Kier molecular flexibility index (Phi) is 4.99. The van der Waals surface area contributed by atoms with E-state index in [1.165, 1.54) is 29.7 Å². The van der Waals surface area contributed by atoms with E-state index in [4.69, 9.17) is 4.74 Å². The Labute approximate surface area is 152 Å². The molecule has 1 N–H and O–H groups in total. The van der Waals surface area contributed by atoms with Gasteiger partial charge in [0, 0.05) is 18.0 Å². The van der Waals surface area contributed by atoms with Crippen molar-refractivity contribution in [2.45, 2.75) is 32.1 Å². The molecule has 3 heterocycles. The molecule has 1 amide bonds. The van der Waals surface area contributed by atoms with Gasteiger partial charge in [-0.15, -0.1) is 11.3 Å². The van der Waals surface area contributed by atoms with Gasteiger partial charge in [0.2, 0.25) is 0 Å². The fourth-order valence-corrected chi connectivity index (χ4v) is 4.57. The van der Waals surface area contributed by atoms with Crippen LogP contribution >= 0.6 is 11.3 Å². The maximum Gasteiger partial charge on any atom is 0.266 e. The number of amides is 1. The van der Waals surface area contributed by atoms with Crippen LogP contribution in [0.5, 0.6) is 0 Å². The van der Waals surface area contributed by atoms with Crippen molar-refractivity contribution in [3.63, 3.8) is 0 Å². The summed E-state index contributed by atoms with van der Waals surface area (Å²) in [6.07, 6.45) is 7.80. The number of ether oxygens (including phenoxy) is 1. The number of aromatic nitrogens is 1. The number of aryl methyl sites for hydroxylation is 2. The van der Waals surface area contributed by atoms with Crippen LogP contribution < -0.4 is 10.2 Å². The first-order valence-corrected chi connectivity index (χ1v) is 9.83. The molecule has 2 aromatic heterocycles. The SMILES string of the molecule is O=C(Nc1ccc(N2CCOCC2)cn1)c1cc2c(s1)CCCCC2. The van der Waals surface area contributed by atoms with Gasteiger partial charge in [0.05, 0.1) is 30.0 Å². The smallest absolute Gasteiger partial charge is 0.266 e. The molecule has 0 radical (unpaired) electrons. The van der Waals surface area contributed by atoms with E-state index in [-0.39, 0.29) is 5.91 Å². The lowest BCUT2D eigenvalue weighted by Gasteiger charge is -2.28. The first-order valence-electron chi connectivity index (χ1n) is 9.01. The summed E-state index contributed by atoms with van der Waals surface area (Å²) in [7, 11) is 0. The summed E-state index contributed by atoms with van der Waals surface area (Å²) in [5.41, 5.74) is 2.44. The van der Waals surface area contributed by atoms with E-state index in [1.807, 2.05) is 18.3 Å². The van der Waals surface area contributed by atoms with E-state index in [0.717, 1.165) is 49.7 Å². The molecule has 1 saturated heterocycles. The summed E-state index contributed by atoms with van der Waals surface area (Å²) in [5, 5.41) is 2.93. The van der Waals surface area contributed by atoms with Crippen molar-refractivity contribution in [1.82, 2.24) is 4.98 Å². The van der Waals surface area contributed by atoms with E-state index in [9.17, 15) is 4.79 Å². The van der Waals surface area contributed by atoms with Crippen LogP contribution in [0.1, 0.15) is 39.4 Å². The van der Waals surface area contributed by atoms with Crippen LogP contribution in [-0.2, 0) is 17.6 Å². The van der Waals surface area contributed by atoms with Crippen LogP contribution in [0.4, 0.5) is 11.5 Å². The second kappa shape index (κ2) is 7.54. The molecule has 1 aliphatic heterocycles. The van der Waals surface area contributed by atoms with Gasteiger partial charge in [0.15, 0.2) is 0 Å². The topological polar surface area (TPSA) is 54.5 Å². The highest BCUT2D eigenvalue weighted by atomic mass is 32.1. The van der Waals surface area contributed by atoms with Gasteiger partial charge < -0.3 is 15.0 Å². The minimum atomic E-state index is -0.0512. The molecule has 2 aromatic rings. The molecule has 0 aromatic carbocycles. The van der Waals surface area contributed by atoms with E-state index in [2.05, 4.69) is 21.3 Å². The van der Waals surface area contributed by atoms with Crippen molar-refractivity contribution in [2.75, 3.05) is 36.5 Å². The van der Waals surface area contributed by atoms with E-state index >= 15 is 0 Å². The molecule has 0 spiro atoms. The summed E-state index contributed by atoms with van der Waals surface area (Å²) in [5.74, 6) is 0.551. The summed E-state index contributed by atoms with van der Waals surface area (Å²) in [4.78, 5) is 21.4. The zero-order valence-corrected chi connectivity index (χ0v) is 15.1. The van der Waals surface area contributed by atoms with Crippen LogP contribution in [0.15, 0.2) is 24.4 Å². The van der Waals surface area contributed by atoms with Gasteiger partial charge in [-0.3, -0.25) is 4.79 Å². The van der Waals surface area contributed by atoms with Crippen LogP contribution in [0.3, 0.4) is 0 Å². The third-order valence-corrected chi connectivity index (χ3v) is 6.07. The molecule has 5 nitrogen and oxygen atoms in total. The zero-order valence-electron chi connectivity index (χ0n) is 14.3. The maximum atomic E-state index is 12.5. The molecule has 0 atom stereocenters. The van der Waals surface area contributed by atoms with E-state index in [0.29, 0.717) is 5.82 Å². The van der Waals surface area contributed by atoms with Crippen LogP contribution in [0, 0.1) is 0 Å². The predicted molar refractivity (Wildman–Crippen MR) is 101 cm³/mol. The maximum absolute atomic E-state index is 12.5. The lowest BCUT2D eigenvalue weighted by Crippen LogP contribution is -2.36. The van der Waals surface area contributed by atoms with Gasteiger partial charge in [0.25, 0.3) is 5.91 Å². The number of nitrogens with one attached hydrogen (secondary N) is 1. The van der Waals surface area contributed by atoms with Crippen molar-refractivity contribution in [2.24, 2.45) is 0 Å². The number of hydrogen-bond acceptors (Lipinski definition) is 5. The first-order chi connectivity index (χ1) is 12.3. The molecule has 6 heteroatoms. The number of thiophene rings is 1. The van der Waals surface area contributed by atoms with Gasteiger partial charge in [-0.1, -0.05) is 6.42 Å². The number of carbonyl (C=O) groups excluding carboxylic acids is 1. The van der Waals surface area contributed by atoms with E-state index < -0.39 is 0 Å². The second-order valence-electron chi connectivity index (χ2n) is 6.57. The highest BCUT2D eigenvalue weighted by Crippen LogP contribution is 2.29. The van der Waals surface area contributed by atoms with E-state index in [1.54, 1.807) is 11.3 Å². The molecular weight excluding hydrogens is 334 g/mol. The molecule has 132 valence electrons. The summed E-state index contributed by atoms with van der Waals surface area (Å²) in [6, 6.07) is 5.96. The second-order valence-corrected chi connectivity index (χ2v) is 7.71. The van der Waals surface area contributed by atoms with Gasteiger partial charge in [0.1, 0.15) is 5.82 Å². The molecule has 1 fully saturated rings. The minimum absolute atomic E-state index is 0.0512. The number of hydrogen-bond donors (Lipinski definition) is 1. The van der Waals surface area contributed by atoms with Crippen LogP contribution in [0.25, 0.3) is 0 Å². The molecular formula is C19H23N3O2S. The number of nitrogens with zero attached hydrogens (tertiary/aromatic N) is 2. The fraction of sp³-hybridized carbons (Fsp3) is 0.474. The third-order valence-electron chi connectivity index (χ3n) is 4.84. The first kappa shape index (κ1) is 16.5. The van der Waals surface area contributed by atoms with Gasteiger partial charge in [-0.05, 0) is 49.4 Å². The highest BCUT2D eigenvalue weighted by molar-refractivity contribution is 7.14. The Bertz CT molecular complexity index is 712.